The van der Waals surface area contributed by atoms with Crippen molar-refractivity contribution in [3.8, 4) is 0 Å². The van der Waals surface area contributed by atoms with E-state index in [4.69, 9.17) is 28.2 Å². The molecule has 1 aliphatic rings. The van der Waals surface area contributed by atoms with Gasteiger partial charge in [0.1, 0.15) is 11.6 Å². The minimum atomic E-state index is 0.0350. The van der Waals surface area contributed by atoms with E-state index in [1.165, 1.54) is 0 Å². The molecule has 0 radical (unpaired) electrons. The summed E-state index contributed by atoms with van der Waals surface area (Å²) >= 11 is 12.0. The van der Waals surface area contributed by atoms with Crippen molar-refractivity contribution in [3.63, 3.8) is 0 Å². The molecule has 31 heavy (non-hydrogen) atoms. The zero-order valence-electron chi connectivity index (χ0n) is 17.6. The highest BCUT2D eigenvalue weighted by atomic mass is 35.5. The third kappa shape index (κ3) is 5.00. The van der Waals surface area contributed by atoms with Crippen molar-refractivity contribution >= 4 is 34.9 Å². The normalized spacial score (nSPS) is 14.1. The van der Waals surface area contributed by atoms with Crippen LogP contribution < -0.4 is 4.90 Å². The predicted molar refractivity (Wildman–Crippen MR) is 125 cm³/mol. The lowest BCUT2D eigenvalue weighted by molar-refractivity contribution is 0.0746. The van der Waals surface area contributed by atoms with E-state index in [1.807, 2.05) is 43.0 Å². The molecule has 0 spiro atoms. The summed E-state index contributed by atoms with van der Waals surface area (Å²) in [6, 6.07) is 14.9. The van der Waals surface area contributed by atoms with E-state index < -0.39 is 0 Å². The Morgan fingerprint density at radius 1 is 0.871 bits per heavy atom. The fourth-order valence-electron chi connectivity index (χ4n) is 3.89. The molecule has 1 saturated heterocycles. The highest BCUT2D eigenvalue weighted by Crippen LogP contribution is 2.26. The van der Waals surface area contributed by atoms with Crippen LogP contribution in [0.4, 0.5) is 5.82 Å². The number of benzene rings is 2. The standard InChI is InChI=1S/C24H24Cl2N4O/c1-16-22(15-18-3-7-20(25)8-4-18)23(28-17(2)27-16)29-11-13-30(14-12-29)24(31)19-5-9-21(26)10-6-19/h3-10H,11-15H2,1-2H3. The molecule has 0 N–H and O–H groups in total. The van der Waals surface area contributed by atoms with Crippen molar-refractivity contribution in [2.24, 2.45) is 0 Å². The molecule has 1 aliphatic heterocycles. The molecule has 4 rings (SSSR count). The van der Waals surface area contributed by atoms with Crippen LogP contribution in [-0.2, 0) is 6.42 Å². The highest BCUT2D eigenvalue weighted by Gasteiger charge is 2.25. The number of anilines is 1. The number of aromatic nitrogens is 2. The molecule has 5 nitrogen and oxygen atoms in total. The summed E-state index contributed by atoms with van der Waals surface area (Å²) in [4.78, 5) is 26.4. The van der Waals surface area contributed by atoms with Gasteiger partial charge in [-0.05, 0) is 55.8 Å². The molecular weight excluding hydrogens is 431 g/mol. The van der Waals surface area contributed by atoms with Gasteiger partial charge in [0.25, 0.3) is 5.91 Å². The number of piperazine rings is 1. The third-order valence-corrected chi connectivity index (χ3v) is 6.06. The minimum Gasteiger partial charge on any atom is -0.353 e. The first-order valence-electron chi connectivity index (χ1n) is 10.3. The van der Waals surface area contributed by atoms with Crippen molar-refractivity contribution in [2.45, 2.75) is 20.3 Å². The lowest BCUT2D eigenvalue weighted by Gasteiger charge is -2.36. The summed E-state index contributed by atoms with van der Waals surface area (Å²) in [5, 5.41) is 1.35. The maximum atomic E-state index is 12.8. The van der Waals surface area contributed by atoms with Gasteiger partial charge in [-0.3, -0.25) is 4.79 Å². The van der Waals surface area contributed by atoms with E-state index in [1.54, 1.807) is 24.3 Å². The molecule has 2 heterocycles. The first-order valence-corrected chi connectivity index (χ1v) is 11.0. The Balaban J connectivity index is 1.51. The van der Waals surface area contributed by atoms with Crippen LogP contribution in [-0.4, -0.2) is 47.0 Å². The first kappa shape index (κ1) is 21.6. The number of rotatable bonds is 4. The summed E-state index contributed by atoms with van der Waals surface area (Å²) in [6.45, 7) is 6.69. The van der Waals surface area contributed by atoms with Crippen LogP contribution in [0.2, 0.25) is 10.0 Å². The molecule has 1 aromatic heterocycles. The number of carbonyl (C=O) groups is 1. The van der Waals surface area contributed by atoms with Gasteiger partial charge < -0.3 is 9.80 Å². The fraction of sp³-hybridized carbons (Fsp3) is 0.292. The molecular formula is C24H24Cl2N4O. The zero-order chi connectivity index (χ0) is 22.0. The first-order chi connectivity index (χ1) is 14.9. The van der Waals surface area contributed by atoms with E-state index >= 15 is 0 Å². The Morgan fingerprint density at radius 2 is 1.45 bits per heavy atom. The Morgan fingerprint density at radius 3 is 2.06 bits per heavy atom. The van der Waals surface area contributed by atoms with Crippen LogP contribution >= 0.6 is 23.2 Å². The van der Waals surface area contributed by atoms with Crippen molar-refractivity contribution in [2.75, 3.05) is 31.1 Å². The van der Waals surface area contributed by atoms with Gasteiger partial charge in [0.2, 0.25) is 0 Å². The largest absolute Gasteiger partial charge is 0.353 e. The third-order valence-electron chi connectivity index (χ3n) is 5.56. The lowest BCUT2D eigenvalue weighted by atomic mass is 10.0. The molecule has 0 saturated carbocycles. The second-order valence-corrected chi connectivity index (χ2v) is 8.62. The maximum absolute atomic E-state index is 12.8. The van der Waals surface area contributed by atoms with E-state index in [0.29, 0.717) is 23.7 Å². The van der Waals surface area contributed by atoms with Crippen molar-refractivity contribution in [1.82, 2.24) is 14.9 Å². The Hall–Kier alpha value is -2.63. The second kappa shape index (κ2) is 9.25. The zero-order valence-corrected chi connectivity index (χ0v) is 19.1. The number of halogens is 2. The molecule has 0 atom stereocenters. The summed E-state index contributed by atoms with van der Waals surface area (Å²) < 4.78 is 0. The molecule has 160 valence electrons. The van der Waals surface area contributed by atoms with Gasteiger partial charge in [0.05, 0.1) is 0 Å². The number of amides is 1. The van der Waals surface area contributed by atoms with Crippen LogP contribution in [0.1, 0.15) is 33.0 Å². The molecule has 7 heteroatoms. The molecule has 0 bridgehead atoms. The van der Waals surface area contributed by atoms with Gasteiger partial charge in [0, 0.05) is 59.5 Å². The van der Waals surface area contributed by atoms with Gasteiger partial charge in [-0.2, -0.15) is 0 Å². The Kier molecular flexibility index (Phi) is 6.44. The van der Waals surface area contributed by atoms with E-state index in [2.05, 4.69) is 9.88 Å². The highest BCUT2D eigenvalue weighted by molar-refractivity contribution is 6.30. The van der Waals surface area contributed by atoms with E-state index in [0.717, 1.165) is 53.0 Å². The van der Waals surface area contributed by atoms with Crippen LogP contribution in [0.3, 0.4) is 0 Å². The average Bonchev–Trinajstić information content (AvgIpc) is 2.77. The fourth-order valence-corrected chi connectivity index (χ4v) is 4.14. The Labute approximate surface area is 192 Å². The number of carbonyl (C=O) groups excluding carboxylic acids is 1. The van der Waals surface area contributed by atoms with Crippen molar-refractivity contribution in [3.05, 3.63) is 86.8 Å². The molecule has 1 amide bonds. The summed E-state index contributed by atoms with van der Waals surface area (Å²) in [5.41, 5.74) is 3.93. The van der Waals surface area contributed by atoms with Crippen LogP contribution in [0.5, 0.6) is 0 Å². The topological polar surface area (TPSA) is 49.3 Å². The summed E-state index contributed by atoms with van der Waals surface area (Å²) in [5.74, 6) is 1.75. The summed E-state index contributed by atoms with van der Waals surface area (Å²) in [7, 11) is 0. The number of hydrogen-bond donors (Lipinski definition) is 0. The van der Waals surface area contributed by atoms with Crippen molar-refractivity contribution < 1.29 is 4.79 Å². The maximum Gasteiger partial charge on any atom is 0.253 e. The van der Waals surface area contributed by atoms with E-state index in [-0.39, 0.29) is 5.91 Å². The Bertz CT molecular complexity index is 1080. The smallest absolute Gasteiger partial charge is 0.253 e. The van der Waals surface area contributed by atoms with Gasteiger partial charge in [0.15, 0.2) is 0 Å². The lowest BCUT2D eigenvalue weighted by Crippen LogP contribution is -2.49. The van der Waals surface area contributed by atoms with Gasteiger partial charge in [-0.15, -0.1) is 0 Å². The molecule has 1 fully saturated rings. The SMILES string of the molecule is Cc1nc(C)c(Cc2ccc(Cl)cc2)c(N2CCN(C(=O)c3ccc(Cl)cc3)CC2)n1. The number of hydrogen-bond acceptors (Lipinski definition) is 4. The van der Waals surface area contributed by atoms with E-state index in [9.17, 15) is 4.79 Å². The number of aryl methyl sites for hydroxylation is 2. The number of nitrogens with zero attached hydrogens (tertiary/aromatic N) is 4. The average molecular weight is 455 g/mol. The molecule has 0 unspecified atom stereocenters. The summed E-state index contributed by atoms with van der Waals surface area (Å²) in [6.07, 6.45) is 0.739. The van der Waals surface area contributed by atoms with Gasteiger partial charge in [-0.25, -0.2) is 9.97 Å². The minimum absolute atomic E-state index is 0.0350. The molecule has 2 aromatic carbocycles. The van der Waals surface area contributed by atoms with Crippen LogP contribution in [0.25, 0.3) is 0 Å². The quantitative estimate of drug-likeness (QED) is 0.559. The van der Waals surface area contributed by atoms with Crippen LogP contribution in [0.15, 0.2) is 48.5 Å². The predicted octanol–water partition coefficient (Wildman–Crippen LogP) is 4.95. The molecule has 3 aromatic rings. The second-order valence-electron chi connectivity index (χ2n) is 7.75. The van der Waals surface area contributed by atoms with Gasteiger partial charge in [-0.1, -0.05) is 35.3 Å². The monoisotopic (exact) mass is 454 g/mol. The van der Waals surface area contributed by atoms with Crippen molar-refractivity contribution in [1.29, 1.82) is 0 Å². The van der Waals surface area contributed by atoms with Gasteiger partial charge >= 0.3 is 0 Å². The van der Waals surface area contributed by atoms with Crippen LogP contribution in [0, 0.1) is 13.8 Å². The molecule has 0 aliphatic carbocycles.